The van der Waals surface area contributed by atoms with Crippen molar-refractivity contribution in [2.45, 2.75) is 38.3 Å². The Labute approximate surface area is 164 Å². The van der Waals surface area contributed by atoms with Crippen LogP contribution in [0.2, 0.25) is 0 Å². The lowest BCUT2D eigenvalue weighted by Crippen LogP contribution is -2.45. The van der Waals surface area contributed by atoms with Gasteiger partial charge in [-0.3, -0.25) is 19.3 Å². The number of rotatable bonds is 8. The van der Waals surface area contributed by atoms with Crippen molar-refractivity contribution >= 4 is 23.8 Å². The summed E-state index contributed by atoms with van der Waals surface area (Å²) >= 11 is 0. The minimum absolute atomic E-state index is 0.238. The number of nitrogens with zero attached hydrogens (tertiary/aromatic N) is 3. The van der Waals surface area contributed by atoms with Gasteiger partial charge in [-0.05, 0) is 18.4 Å². The van der Waals surface area contributed by atoms with Crippen LogP contribution in [0.25, 0.3) is 0 Å². The normalized spacial score (nSPS) is 17.7. The van der Waals surface area contributed by atoms with Gasteiger partial charge in [-0.15, -0.1) is 0 Å². The van der Waals surface area contributed by atoms with Gasteiger partial charge in [-0.2, -0.15) is 0 Å². The predicted octanol–water partition coefficient (Wildman–Crippen LogP) is 1.39. The molecule has 5 amide bonds. The summed E-state index contributed by atoms with van der Waals surface area (Å²) in [6.45, 7) is 0.539. The van der Waals surface area contributed by atoms with Crippen LogP contribution in [-0.4, -0.2) is 71.3 Å². The van der Waals surface area contributed by atoms with Crippen molar-refractivity contribution in [2.24, 2.45) is 0 Å². The summed E-state index contributed by atoms with van der Waals surface area (Å²) in [6, 6.07) is 8.50. The molecule has 0 N–H and O–H groups in total. The molecule has 0 atom stereocenters. The van der Waals surface area contributed by atoms with Crippen LogP contribution in [0.3, 0.4) is 0 Å². The molecule has 0 unspecified atom stereocenters. The molecular formula is C20H25N3O5. The fourth-order valence-electron chi connectivity index (χ4n) is 3.68. The Morgan fingerprint density at radius 3 is 2.43 bits per heavy atom. The molecule has 0 radical (unpaired) electrons. The van der Waals surface area contributed by atoms with E-state index in [2.05, 4.69) is 0 Å². The first-order valence-electron chi connectivity index (χ1n) is 9.52. The van der Waals surface area contributed by atoms with Crippen LogP contribution in [0.1, 0.15) is 31.2 Å². The lowest BCUT2D eigenvalue weighted by atomic mass is 10.2. The van der Waals surface area contributed by atoms with Crippen molar-refractivity contribution in [3.05, 3.63) is 35.9 Å². The Bertz CT molecular complexity index is 745. The Morgan fingerprint density at radius 1 is 1.11 bits per heavy atom. The molecule has 28 heavy (non-hydrogen) atoms. The van der Waals surface area contributed by atoms with Gasteiger partial charge in [0.2, 0.25) is 5.91 Å². The molecular weight excluding hydrogens is 362 g/mol. The van der Waals surface area contributed by atoms with E-state index in [0.29, 0.717) is 32.5 Å². The fourth-order valence-corrected chi connectivity index (χ4v) is 3.68. The Morgan fingerprint density at radius 2 is 1.79 bits per heavy atom. The number of carbonyl (C=O) groups is 4. The van der Waals surface area contributed by atoms with Crippen LogP contribution in [-0.2, 0) is 25.7 Å². The number of ether oxygens (including phenoxy) is 1. The van der Waals surface area contributed by atoms with Gasteiger partial charge in [0.05, 0.1) is 6.61 Å². The summed E-state index contributed by atoms with van der Waals surface area (Å²) in [6.07, 6.45) is 3.27. The fraction of sp³-hybridized carbons (Fsp3) is 0.500. The molecule has 0 spiro atoms. The highest BCUT2D eigenvalue weighted by atomic mass is 16.5. The first-order chi connectivity index (χ1) is 13.5. The topological polar surface area (TPSA) is 87.2 Å². The van der Waals surface area contributed by atoms with E-state index in [9.17, 15) is 19.2 Å². The van der Waals surface area contributed by atoms with Crippen LogP contribution >= 0.6 is 0 Å². The second kappa shape index (κ2) is 8.97. The SMILES string of the molecule is COCCN(Cc1ccccc1)C(=O)CN1C(=O)C(=O)N(C2CCCC2)C1=O. The van der Waals surface area contributed by atoms with Crippen LogP contribution < -0.4 is 0 Å². The molecule has 8 heteroatoms. The molecule has 2 fully saturated rings. The summed E-state index contributed by atoms with van der Waals surface area (Å²) in [7, 11) is 1.54. The number of hydrogen-bond donors (Lipinski definition) is 0. The predicted molar refractivity (Wildman–Crippen MR) is 99.9 cm³/mol. The van der Waals surface area contributed by atoms with Gasteiger partial charge in [0.1, 0.15) is 6.54 Å². The largest absolute Gasteiger partial charge is 0.383 e. The Balaban J connectivity index is 1.70. The molecule has 1 aromatic rings. The van der Waals surface area contributed by atoms with Gasteiger partial charge < -0.3 is 9.64 Å². The lowest BCUT2D eigenvalue weighted by molar-refractivity contribution is -0.145. The molecule has 1 aliphatic heterocycles. The quantitative estimate of drug-likeness (QED) is 0.497. The van der Waals surface area contributed by atoms with Gasteiger partial charge in [0, 0.05) is 26.2 Å². The first-order valence-corrected chi connectivity index (χ1v) is 9.52. The molecule has 2 aliphatic rings. The number of amides is 5. The Kier molecular flexibility index (Phi) is 6.41. The molecule has 1 heterocycles. The van der Waals surface area contributed by atoms with Crippen molar-refractivity contribution < 1.29 is 23.9 Å². The van der Waals surface area contributed by atoms with Crippen molar-refractivity contribution in [3.63, 3.8) is 0 Å². The van der Waals surface area contributed by atoms with E-state index in [0.717, 1.165) is 28.2 Å². The molecule has 0 bridgehead atoms. The van der Waals surface area contributed by atoms with E-state index in [-0.39, 0.29) is 6.04 Å². The van der Waals surface area contributed by atoms with Gasteiger partial charge in [0.25, 0.3) is 0 Å². The highest BCUT2D eigenvalue weighted by Crippen LogP contribution is 2.27. The molecule has 3 rings (SSSR count). The number of hydrogen-bond acceptors (Lipinski definition) is 5. The zero-order valence-electron chi connectivity index (χ0n) is 16.0. The lowest BCUT2D eigenvalue weighted by Gasteiger charge is -2.25. The number of imide groups is 2. The summed E-state index contributed by atoms with van der Waals surface area (Å²) in [4.78, 5) is 53.5. The average Bonchev–Trinajstić information content (AvgIpc) is 3.29. The van der Waals surface area contributed by atoms with Gasteiger partial charge >= 0.3 is 17.8 Å². The average molecular weight is 387 g/mol. The number of urea groups is 1. The van der Waals surface area contributed by atoms with Crippen molar-refractivity contribution in [1.82, 2.24) is 14.7 Å². The molecule has 1 aliphatic carbocycles. The van der Waals surface area contributed by atoms with E-state index in [1.54, 1.807) is 0 Å². The van der Waals surface area contributed by atoms with Crippen LogP contribution in [0, 0.1) is 0 Å². The monoisotopic (exact) mass is 387 g/mol. The summed E-state index contributed by atoms with van der Waals surface area (Å²) in [5.74, 6) is -2.14. The summed E-state index contributed by atoms with van der Waals surface area (Å²) in [5, 5.41) is 0. The third-order valence-corrected chi connectivity index (χ3v) is 5.20. The van der Waals surface area contributed by atoms with E-state index in [4.69, 9.17) is 4.74 Å². The van der Waals surface area contributed by atoms with E-state index in [1.807, 2.05) is 30.3 Å². The maximum absolute atomic E-state index is 12.8. The maximum Gasteiger partial charge on any atom is 0.334 e. The van der Waals surface area contributed by atoms with Gasteiger partial charge in [-0.1, -0.05) is 43.2 Å². The highest BCUT2D eigenvalue weighted by Gasteiger charge is 2.48. The number of benzene rings is 1. The standard InChI is InChI=1S/C20H25N3O5/c1-28-12-11-21(13-15-7-3-2-4-8-15)17(24)14-22-18(25)19(26)23(20(22)27)16-9-5-6-10-16/h2-4,7-8,16H,5-6,9-14H2,1H3. The molecule has 1 saturated heterocycles. The summed E-state index contributed by atoms with van der Waals surface area (Å²) in [5.41, 5.74) is 0.926. The zero-order valence-corrected chi connectivity index (χ0v) is 16.0. The second-order valence-corrected chi connectivity index (χ2v) is 7.08. The molecule has 1 aromatic carbocycles. The van der Waals surface area contributed by atoms with E-state index in [1.165, 1.54) is 12.0 Å². The molecule has 0 aromatic heterocycles. The van der Waals surface area contributed by atoms with Crippen molar-refractivity contribution in [3.8, 4) is 0 Å². The first kappa shape index (κ1) is 20.0. The van der Waals surface area contributed by atoms with Crippen LogP contribution in [0.4, 0.5) is 4.79 Å². The molecule has 1 saturated carbocycles. The molecule has 8 nitrogen and oxygen atoms in total. The smallest absolute Gasteiger partial charge is 0.334 e. The third kappa shape index (κ3) is 4.22. The Hall–Kier alpha value is -2.74. The number of methoxy groups -OCH3 is 1. The minimum Gasteiger partial charge on any atom is -0.383 e. The van der Waals surface area contributed by atoms with Crippen LogP contribution in [0.5, 0.6) is 0 Å². The van der Waals surface area contributed by atoms with Crippen molar-refractivity contribution in [1.29, 1.82) is 0 Å². The number of carbonyl (C=O) groups excluding carboxylic acids is 4. The van der Waals surface area contributed by atoms with Gasteiger partial charge in [0.15, 0.2) is 0 Å². The van der Waals surface area contributed by atoms with Gasteiger partial charge in [-0.25, -0.2) is 9.69 Å². The van der Waals surface area contributed by atoms with E-state index >= 15 is 0 Å². The van der Waals surface area contributed by atoms with E-state index < -0.39 is 30.3 Å². The second-order valence-electron chi connectivity index (χ2n) is 7.08. The zero-order chi connectivity index (χ0) is 20.1. The van der Waals surface area contributed by atoms with Crippen molar-refractivity contribution in [2.75, 3.05) is 26.8 Å². The maximum atomic E-state index is 12.8. The highest BCUT2D eigenvalue weighted by molar-refractivity contribution is 6.45. The van der Waals surface area contributed by atoms with Crippen LogP contribution in [0.15, 0.2) is 30.3 Å². The minimum atomic E-state index is -0.920. The summed E-state index contributed by atoms with van der Waals surface area (Å²) < 4.78 is 5.07. The molecule has 150 valence electrons. The third-order valence-electron chi connectivity index (χ3n) is 5.20.